The lowest BCUT2D eigenvalue weighted by molar-refractivity contribution is -0.161. The summed E-state index contributed by atoms with van der Waals surface area (Å²) in [5.74, 6) is -3.38. The van der Waals surface area contributed by atoms with Crippen molar-refractivity contribution in [1.29, 1.82) is 0 Å². The van der Waals surface area contributed by atoms with Crippen LogP contribution >= 0.6 is 0 Å². The zero-order valence-electron chi connectivity index (χ0n) is 22.3. The van der Waals surface area contributed by atoms with E-state index in [1.54, 1.807) is 0 Å². The van der Waals surface area contributed by atoms with Gasteiger partial charge in [-0.25, -0.2) is 4.79 Å². The Morgan fingerprint density at radius 1 is 1.05 bits per heavy atom. The molecule has 2 aromatic rings. The van der Waals surface area contributed by atoms with Gasteiger partial charge >= 0.3 is 11.9 Å². The third-order valence-corrected chi connectivity index (χ3v) is 6.84. The number of alkyl halides is 2. The summed E-state index contributed by atoms with van der Waals surface area (Å²) in [6, 6.07) is 17.0. The number of hydrogen-bond donors (Lipinski definition) is 1. The predicted octanol–water partition coefficient (Wildman–Crippen LogP) is 5.03. The van der Waals surface area contributed by atoms with E-state index in [1.807, 2.05) is 38.1 Å². The number of ether oxygens (including phenoxy) is 1. The minimum absolute atomic E-state index is 0.152. The van der Waals surface area contributed by atoms with E-state index < -0.39 is 11.9 Å². The van der Waals surface area contributed by atoms with E-state index >= 15 is 0 Å². The summed E-state index contributed by atoms with van der Waals surface area (Å²) in [5.41, 5.74) is 3.52. The number of hydrogen-bond acceptors (Lipinski definition) is 4. The van der Waals surface area contributed by atoms with Gasteiger partial charge in [-0.1, -0.05) is 42.0 Å². The highest BCUT2D eigenvalue weighted by molar-refractivity contribution is 5.79. The van der Waals surface area contributed by atoms with Crippen LogP contribution in [0.25, 0.3) is 0 Å². The third-order valence-electron chi connectivity index (χ3n) is 6.84. The summed E-state index contributed by atoms with van der Waals surface area (Å²) in [4.78, 5) is 27.3. The number of amides is 1. The molecule has 1 saturated heterocycles. The van der Waals surface area contributed by atoms with E-state index in [0.717, 1.165) is 24.4 Å². The van der Waals surface area contributed by atoms with E-state index in [2.05, 4.69) is 48.0 Å². The maximum atomic E-state index is 13.5. The molecule has 2 fully saturated rings. The first-order valence-electron chi connectivity index (χ1n) is 12.7. The lowest BCUT2D eigenvalue weighted by Gasteiger charge is -2.56. The maximum absolute atomic E-state index is 13.5. The van der Waals surface area contributed by atoms with Crippen LogP contribution < -0.4 is 4.74 Å². The molecule has 2 unspecified atom stereocenters. The Morgan fingerprint density at radius 2 is 1.57 bits per heavy atom. The summed E-state index contributed by atoms with van der Waals surface area (Å²) in [6.07, 6.45) is 1.85. The van der Waals surface area contributed by atoms with Gasteiger partial charge in [-0.3, -0.25) is 4.79 Å². The van der Waals surface area contributed by atoms with Crippen molar-refractivity contribution >= 4 is 11.9 Å². The Morgan fingerprint density at radius 3 is 2.05 bits per heavy atom. The van der Waals surface area contributed by atoms with Gasteiger partial charge in [-0.05, 0) is 69.3 Å². The van der Waals surface area contributed by atoms with E-state index in [4.69, 9.17) is 9.84 Å². The molecule has 2 aromatic carbocycles. The Labute approximate surface area is 218 Å². The average molecular weight is 517 g/mol. The van der Waals surface area contributed by atoms with Crippen molar-refractivity contribution in [3.8, 4) is 5.75 Å². The molecule has 1 aliphatic carbocycles. The first-order chi connectivity index (χ1) is 17.3. The van der Waals surface area contributed by atoms with Gasteiger partial charge in [0.15, 0.2) is 0 Å². The van der Waals surface area contributed by atoms with Gasteiger partial charge < -0.3 is 19.6 Å². The van der Waals surface area contributed by atoms with Crippen molar-refractivity contribution in [2.24, 2.45) is 11.8 Å². The average Bonchev–Trinajstić information content (AvgIpc) is 2.80. The number of aryl methyl sites for hydroxylation is 1. The van der Waals surface area contributed by atoms with E-state index in [0.29, 0.717) is 37.8 Å². The molecule has 202 valence electrons. The number of carbonyl (C=O) groups excluding carboxylic acids is 1. The van der Waals surface area contributed by atoms with Gasteiger partial charge in [0.05, 0.1) is 12.5 Å². The normalized spacial score (nSPS) is 20.9. The zero-order chi connectivity index (χ0) is 27.3. The highest BCUT2D eigenvalue weighted by Gasteiger charge is 2.49. The van der Waals surface area contributed by atoms with Crippen molar-refractivity contribution in [2.45, 2.75) is 65.1 Å². The lowest BCUT2D eigenvalue weighted by atomic mass is 9.65. The van der Waals surface area contributed by atoms with Crippen molar-refractivity contribution in [1.82, 2.24) is 9.80 Å². The molecule has 0 aromatic heterocycles. The van der Waals surface area contributed by atoms with Gasteiger partial charge in [0.1, 0.15) is 5.75 Å². The van der Waals surface area contributed by atoms with Gasteiger partial charge in [-0.2, -0.15) is 8.78 Å². The van der Waals surface area contributed by atoms with Crippen LogP contribution in [-0.4, -0.2) is 65.0 Å². The molecule has 37 heavy (non-hydrogen) atoms. The molecule has 0 radical (unpaired) electrons. The molecule has 1 saturated carbocycles. The first kappa shape index (κ1) is 28.6. The number of likely N-dealkylation sites (tertiary alicyclic amines) is 1. The van der Waals surface area contributed by atoms with Crippen LogP contribution in [0.4, 0.5) is 8.78 Å². The Hall–Kier alpha value is -3.00. The van der Waals surface area contributed by atoms with Gasteiger partial charge in [0, 0.05) is 32.6 Å². The van der Waals surface area contributed by atoms with Crippen LogP contribution in [0.5, 0.6) is 5.75 Å². The number of carboxylic acid groups (broad SMARTS) is 1. The molecule has 8 heteroatoms. The lowest BCUT2D eigenvalue weighted by Crippen LogP contribution is -2.64. The van der Waals surface area contributed by atoms with Crippen LogP contribution in [0.3, 0.4) is 0 Å². The summed E-state index contributed by atoms with van der Waals surface area (Å²) in [7, 11) is 2.20. The molecule has 1 N–H and O–H groups in total. The maximum Gasteiger partial charge on any atom is 0.374 e. The number of nitrogens with zero attached hydrogens (tertiary/aromatic N) is 2. The molecule has 0 spiro atoms. The predicted molar refractivity (Wildman–Crippen MR) is 139 cm³/mol. The second-order valence-corrected chi connectivity index (χ2v) is 10.7. The Balaban J connectivity index is 0.000000479. The summed E-state index contributed by atoms with van der Waals surface area (Å²) >= 11 is 0. The fraction of sp³-hybridized carbons (Fsp3) is 0.517. The van der Waals surface area contributed by atoms with Crippen LogP contribution in [0.15, 0.2) is 48.5 Å². The highest BCUT2D eigenvalue weighted by atomic mass is 19.3. The summed E-state index contributed by atoms with van der Waals surface area (Å²) in [5, 5.41) is 7.50. The van der Waals surface area contributed by atoms with Gasteiger partial charge in [0.2, 0.25) is 5.91 Å². The number of rotatable bonds is 8. The second kappa shape index (κ2) is 12.0. The monoisotopic (exact) mass is 516 g/mol. The van der Waals surface area contributed by atoms with Crippen molar-refractivity contribution < 1.29 is 28.2 Å². The third kappa shape index (κ3) is 7.99. The number of carbonyl (C=O) groups is 2. The van der Waals surface area contributed by atoms with Crippen LogP contribution in [0.1, 0.15) is 43.9 Å². The minimum atomic E-state index is -3.58. The molecule has 1 amide bonds. The highest BCUT2D eigenvalue weighted by Crippen LogP contribution is 2.43. The number of carboxylic acids is 1. The number of aliphatic carboxylic acids is 1. The van der Waals surface area contributed by atoms with Crippen LogP contribution in [-0.2, 0) is 22.6 Å². The number of halogens is 2. The van der Waals surface area contributed by atoms with Crippen molar-refractivity contribution in [3.05, 3.63) is 65.2 Å². The van der Waals surface area contributed by atoms with Gasteiger partial charge in [0.25, 0.3) is 0 Å². The van der Waals surface area contributed by atoms with E-state index in [1.165, 1.54) is 17.5 Å². The summed E-state index contributed by atoms with van der Waals surface area (Å²) < 4.78 is 28.2. The van der Waals surface area contributed by atoms with Crippen molar-refractivity contribution in [3.63, 3.8) is 0 Å². The number of fused-ring (bicyclic) bond motifs is 2. The Bertz CT molecular complexity index is 1040. The minimum Gasteiger partial charge on any atom is -0.491 e. The molecule has 2 bridgehead atoms. The van der Waals surface area contributed by atoms with Crippen LogP contribution in [0, 0.1) is 18.8 Å². The largest absolute Gasteiger partial charge is 0.491 e. The summed E-state index contributed by atoms with van der Waals surface area (Å²) in [6.45, 7) is 9.37. The quantitative estimate of drug-likeness (QED) is 0.533. The van der Waals surface area contributed by atoms with Gasteiger partial charge in [-0.15, -0.1) is 0 Å². The SMILES string of the molecule is CC(F)(F)C(=O)O.Cc1ccc(CN(C(=O)Cc2ccc(OC(C)C)cc2)C2C3CC2CN(C)C3)cc1. The zero-order valence-corrected chi connectivity index (χ0v) is 22.3. The molecule has 1 heterocycles. The molecule has 2 aliphatic rings. The van der Waals surface area contributed by atoms with E-state index in [9.17, 15) is 18.4 Å². The van der Waals surface area contributed by atoms with E-state index in [-0.39, 0.29) is 12.0 Å². The Kier molecular flexibility index (Phi) is 9.29. The number of piperidine rings is 2. The number of benzene rings is 2. The standard InChI is InChI=1S/C26H34N2O2.C3H4F2O2/c1-18(2)30-24-11-9-20(10-12-24)13-25(29)28(15-21-7-5-19(3)6-8-21)26-22-14-23(26)17-27(4)16-22;1-3(4,5)2(6)7/h5-12,18,22-23,26H,13-17H2,1-4H3;1H3,(H,6,7). The fourth-order valence-corrected chi connectivity index (χ4v) is 5.09. The van der Waals surface area contributed by atoms with Crippen LogP contribution in [0.2, 0.25) is 0 Å². The molecule has 4 rings (SSSR count). The molecule has 6 nitrogen and oxygen atoms in total. The first-order valence-corrected chi connectivity index (χ1v) is 12.7. The molecular weight excluding hydrogens is 478 g/mol. The van der Waals surface area contributed by atoms with Crippen molar-refractivity contribution in [2.75, 3.05) is 20.1 Å². The second-order valence-electron chi connectivity index (χ2n) is 10.7. The fourth-order valence-electron chi connectivity index (χ4n) is 5.09. The molecule has 1 aliphatic heterocycles. The molecular formula is C29H38F2N2O4. The topological polar surface area (TPSA) is 70.1 Å². The smallest absolute Gasteiger partial charge is 0.374 e. The molecule has 2 atom stereocenters.